The van der Waals surface area contributed by atoms with Gasteiger partial charge >= 0.3 is 0 Å². The Labute approximate surface area is 114 Å². The summed E-state index contributed by atoms with van der Waals surface area (Å²) in [6.07, 6.45) is 1.02. The van der Waals surface area contributed by atoms with Gasteiger partial charge in [0, 0.05) is 32.2 Å². The maximum atomic E-state index is 11.9. The summed E-state index contributed by atoms with van der Waals surface area (Å²) in [5, 5.41) is 11.3. The van der Waals surface area contributed by atoms with E-state index in [-0.39, 0.29) is 30.4 Å². The number of hydrogen-bond donors (Lipinski definition) is 2. The summed E-state index contributed by atoms with van der Waals surface area (Å²) in [4.78, 5) is 25.3. The van der Waals surface area contributed by atoms with Crippen molar-refractivity contribution in [2.45, 2.75) is 32.7 Å². The lowest BCUT2D eigenvalue weighted by atomic mass is 10.1. The molecular weight excluding hydrogens is 248 g/mol. The van der Waals surface area contributed by atoms with Crippen LogP contribution >= 0.6 is 0 Å². The highest BCUT2D eigenvalue weighted by atomic mass is 16.5. The third kappa shape index (κ3) is 5.16. The highest BCUT2D eigenvalue weighted by Gasteiger charge is 2.35. The fourth-order valence-corrected chi connectivity index (χ4v) is 2.10. The number of carbonyl (C=O) groups is 2. The Morgan fingerprint density at radius 1 is 1.53 bits per heavy atom. The van der Waals surface area contributed by atoms with Crippen LogP contribution in [0.2, 0.25) is 0 Å². The van der Waals surface area contributed by atoms with Gasteiger partial charge in [-0.2, -0.15) is 0 Å². The summed E-state index contributed by atoms with van der Waals surface area (Å²) in [5.74, 6) is -0.228. The van der Waals surface area contributed by atoms with Crippen LogP contribution in [-0.2, 0) is 14.3 Å². The molecule has 2 N–H and O–H groups in total. The third-order valence-corrected chi connectivity index (χ3v) is 3.15. The van der Waals surface area contributed by atoms with Gasteiger partial charge in [0.2, 0.25) is 11.8 Å². The van der Waals surface area contributed by atoms with Crippen LogP contribution in [-0.4, -0.2) is 60.8 Å². The van der Waals surface area contributed by atoms with E-state index in [1.54, 1.807) is 4.90 Å². The summed E-state index contributed by atoms with van der Waals surface area (Å²) in [6, 6.07) is 0.150. The van der Waals surface area contributed by atoms with Crippen molar-refractivity contribution < 1.29 is 19.4 Å². The monoisotopic (exact) mass is 272 g/mol. The zero-order valence-corrected chi connectivity index (χ0v) is 11.7. The molecule has 6 nitrogen and oxygen atoms in total. The summed E-state index contributed by atoms with van der Waals surface area (Å²) < 4.78 is 5.09. The van der Waals surface area contributed by atoms with Crippen LogP contribution in [0.5, 0.6) is 0 Å². The molecular formula is C13H24N2O4. The van der Waals surface area contributed by atoms with E-state index < -0.39 is 0 Å². The van der Waals surface area contributed by atoms with E-state index in [1.807, 2.05) is 13.8 Å². The molecule has 0 aromatic rings. The van der Waals surface area contributed by atoms with Crippen molar-refractivity contribution in [1.82, 2.24) is 10.2 Å². The van der Waals surface area contributed by atoms with Crippen molar-refractivity contribution in [1.29, 1.82) is 0 Å². The van der Waals surface area contributed by atoms with Crippen LogP contribution in [0.15, 0.2) is 0 Å². The molecule has 110 valence electrons. The molecule has 1 rings (SSSR count). The molecule has 0 aliphatic carbocycles. The molecule has 1 saturated heterocycles. The third-order valence-electron chi connectivity index (χ3n) is 3.15. The second-order valence-corrected chi connectivity index (χ2v) is 5.02. The van der Waals surface area contributed by atoms with Gasteiger partial charge in [-0.15, -0.1) is 0 Å². The molecule has 6 heteroatoms. The van der Waals surface area contributed by atoms with Gasteiger partial charge in [-0.05, 0) is 20.3 Å². The van der Waals surface area contributed by atoms with Crippen LogP contribution in [0, 0.1) is 5.92 Å². The lowest BCUT2D eigenvalue weighted by Crippen LogP contribution is -2.36. The summed E-state index contributed by atoms with van der Waals surface area (Å²) >= 11 is 0. The Bertz CT molecular complexity index is 307. The van der Waals surface area contributed by atoms with Crippen LogP contribution in [0.3, 0.4) is 0 Å². The molecule has 1 aliphatic heterocycles. The van der Waals surface area contributed by atoms with Gasteiger partial charge in [-0.25, -0.2) is 0 Å². The fourth-order valence-electron chi connectivity index (χ4n) is 2.10. The first-order chi connectivity index (χ1) is 9.06. The van der Waals surface area contributed by atoms with E-state index in [0.29, 0.717) is 39.1 Å². The van der Waals surface area contributed by atoms with Crippen LogP contribution < -0.4 is 5.32 Å². The average Bonchev–Trinajstić information content (AvgIpc) is 2.75. The van der Waals surface area contributed by atoms with E-state index in [1.165, 1.54) is 0 Å². The quantitative estimate of drug-likeness (QED) is 0.598. The van der Waals surface area contributed by atoms with Gasteiger partial charge in [0.15, 0.2) is 0 Å². The number of ether oxygens (including phenoxy) is 1. The maximum Gasteiger partial charge on any atom is 0.225 e. The number of rotatable bonds is 8. The van der Waals surface area contributed by atoms with Gasteiger partial charge in [0.05, 0.1) is 19.1 Å². The molecule has 1 fully saturated rings. The summed E-state index contributed by atoms with van der Waals surface area (Å²) in [6.45, 7) is 5.83. The van der Waals surface area contributed by atoms with Crippen molar-refractivity contribution >= 4 is 11.8 Å². The lowest BCUT2D eigenvalue weighted by Gasteiger charge is -2.20. The highest BCUT2D eigenvalue weighted by molar-refractivity contribution is 5.89. The largest absolute Gasteiger partial charge is 0.394 e. The predicted molar refractivity (Wildman–Crippen MR) is 70.5 cm³/mol. The van der Waals surface area contributed by atoms with Crippen LogP contribution in [0.25, 0.3) is 0 Å². The topological polar surface area (TPSA) is 78.9 Å². The minimum atomic E-state index is -0.228. The fraction of sp³-hybridized carbons (Fsp3) is 0.846. The van der Waals surface area contributed by atoms with E-state index in [9.17, 15) is 9.59 Å². The van der Waals surface area contributed by atoms with Gasteiger partial charge in [-0.1, -0.05) is 0 Å². The molecule has 0 aromatic carbocycles. The van der Waals surface area contributed by atoms with Gasteiger partial charge in [0.1, 0.15) is 0 Å². The summed E-state index contributed by atoms with van der Waals surface area (Å²) in [5.41, 5.74) is 0. The van der Waals surface area contributed by atoms with E-state index in [4.69, 9.17) is 9.84 Å². The first-order valence-electron chi connectivity index (χ1n) is 6.82. The zero-order chi connectivity index (χ0) is 14.3. The van der Waals surface area contributed by atoms with Crippen molar-refractivity contribution in [3.63, 3.8) is 0 Å². The number of likely N-dealkylation sites (tertiary alicyclic amines) is 1. The molecule has 0 spiro atoms. The van der Waals surface area contributed by atoms with Crippen molar-refractivity contribution in [3.8, 4) is 0 Å². The highest BCUT2D eigenvalue weighted by Crippen LogP contribution is 2.19. The lowest BCUT2D eigenvalue weighted by molar-refractivity contribution is -0.129. The first-order valence-corrected chi connectivity index (χ1v) is 6.82. The molecule has 1 atom stereocenters. The Morgan fingerprint density at radius 2 is 2.26 bits per heavy atom. The predicted octanol–water partition coefficient (Wildman–Crippen LogP) is -0.241. The number of nitrogens with one attached hydrogen (secondary N) is 1. The molecule has 2 amide bonds. The molecule has 1 unspecified atom stereocenters. The number of aliphatic hydroxyl groups is 1. The van der Waals surface area contributed by atoms with Crippen LogP contribution in [0.1, 0.15) is 26.7 Å². The van der Waals surface area contributed by atoms with Crippen LogP contribution in [0.4, 0.5) is 0 Å². The molecule has 0 saturated carbocycles. The van der Waals surface area contributed by atoms with E-state index in [2.05, 4.69) is 5.32 Å². The van der Waals surface area contributed by atoms with Crippen molar-refractivity contribution in [2.75, 3.05) is 32.9 Å². The van der Waals surface area contributed by atoms with Crippen molar-refractivity contribution in [2.24, 2.45) is 5.92 Å². The number of nitrogens with zero attached hydrogens (tertiary/aromatic N) is 1. The molecule has 0 bridgehead atoms. The van der Waals surface area contributed by atoms with Gasteiger partial charge < -0.3 is 20.1 Å². The molecule has 0 aromatic heterocycles. The Morgan fingerprint density at radius 3 is 2.84 bits per heavy atom. The Kier molecular flexibility index (Phi) is 6.80. The van der Waals surface area contributed by atoms with E-state index >= 15 is 0 Å². The normalized spacial score (nSPS) is 19.3. The van der Waals surface area contributed by atoms with E-state index in [0.717, 1.165) is 0 Å². The van der Waals surface area contributed by atoms with Gasteiger partial charge in [-0.3, -0.25) is 9.59 Å². The Hall–Kier alpha value is -1.14. The SMILES string of the molecule is CC(C)N1CC(C(=O)NCCCOCCO)CC1=O. The standard InChI is InChI=1S/C13H24N2O4/c1-10(2)15-9-11(8-12(15)17)13(18)14-4-3-6-19-7-5-16/h10-11,16H,3-9H2,1-2H3,(H,14,18). The van der Waals surface area contributed by atoms with Crippen molar-refractivity contribution in [3.05, 3.63) is 0 Å². The zero-order valence-electron chi connectivity index (χ0n) is 11.7. The second-order valence-electron chi connectivity index (χ2n) is 5.02. The number of aliphatic hydroxyl groups excluding tert-OH is 1. The molecule has 19 heavy (non-hydrogen) atoms. The Balaban J connectivity index is 2.19. The minimum absolute atomic E-state index is 0.0155. The maximum absolute atomic E-state index is 11.9. The second kappa shape index (κ2) is 8.12. The minimum Gasteiger partial charge on any atom is -0.394 e. The number of hydrogen-bond acceptors (Lipinski definition) is 4. The molecule has 1 heterocycles. The number of amides is 2. The average molecular weight is 272 g/mol. The van der Waals surface area contributed by atoms with Gasteiger partial charge in [0.25, 0.3) is 0 Å². The molecule has 0 radical (unpaired) electrons. The summed E-state index contributed by atoms with van der Waals surface area (Å²) in [7, 11) is 0. The molecule has 1 aliphatic rings. The first kappa shape index (κ1) is 15.9. The number of carbonyl (C=O) groups excluding carboxylic acids is 2. The smallest absolute Gasteiger partial charge is 0.225 e.